The molecular weight excluding hydrogens is 248 g/mol. The fraction of sp³-hybridized carbons (Fsp3) is 0.941. The molecule has 1 heterocycles. The van der Waals surface area contributed by atoms with Crippen LogP contribution >= 0.6 is 0 Å². The Labute approximate surface area is 124 Å². The molecule has 3 heteroatoms. The summed E-state index contributed by atoms with van der Waals surface area (Å²) in [4.78, 5) is 14.8. The van der Waals surface area contributed by atoms with Gasteiger partial charge in [0.25, 0.3) is 0 Å². The van der Waals surface area contributed by atoms with Gasteiger partial charge in [-0.25, -0.2) is 0 Å². The van der Waals surface area contributed by atoms with Gasteiger partial charge in [-0.05, 0) is 52.0 Å². The monoisotopic (exact) mass is 280 g/mol. The van der Waals surface area contributed by atoms with Crippen LogP contribution in [0.2, 0.25) is 0 Å². The third-order valence-corrected chi connectivity index (χ3v) is 5.07. The molecule has 1 unspecified atom stereocenters. The van der Waals surface area contributed by atoms with Gasteiger partial charge in [-0.1, -0.05) is 25.7 Å². The third kappa shape index (κ3) is 4.76. The van der Waals surface area contributed by atoms with Crippen molar-refractivity contribution in [1.82, 2.24) is 10.2 Å². The number of nitrogens with one attached hydrogen (secondary N) is 1. The maximum absolute atomic E-state index is 12.3. The van der Waals surface area contributed by atoms with Gasteiger partial charge in [0.2, 0.25) is 5.91 Å². The van der Waals surface area contributed by atoms with E-state index in [1.165, 1.54) is 45.1 Å². The second kappa shape index (κ2) is 8.02. The molecule has 0 bridgehead atoms. The van der Waals surface area contributed by atoms with Crippen molar-refractivity contribution in [3.05, 3.63) is 0 Å². The quantitative estimate of drug-likeness (QED) is 0.802. The van der Waals surface area contributed by atoms with E-state index in [9.17, 15) is 4.79 Å². The second-order valence-electron chi connectivity index (χ2n) is 7.03. The molecule has 20 heavy (non-hydrogen) atoms. The summed E-state index contributed by atoms with van der Waals surface area (Å²) in [5.74, 6) is 1.27. The van der Waals surface area contributed by atoms with E-state index in [0.29, 0.717) is 23.8 Å². The van der Waals surface area contributed by atoms with Gasteiger partial charge in [-0.2, -0.15) is 0 Å². The molecule has 0 radical (unpaired) electrons. The Balaban J connectivity index is 1.72. The number of rotatable bonds is 4. The summed E-state index contributed by atoms with van der Waals surface area (Å²) in [6.07, 6.45) is 9.87. The van der Waals surface area contributed by atoms with Crippen LogP contribution < -0.4 is 5.32 Å². The number of amides is 1. The average Bonchev–Trinajstić information content (AvgIpc) is 2.74. The van der Waals surface area contributed by atoms with Crippen molar-refractivity contribution in [1.29, 1.82) is 0 Å². The van der Waals surface area contributed by atoms with E-state index >= 15 is 0 Å². The van der Waals surface area contributed by atoms with Crippen molar-refractivity contribution in [2.75, 3.05) is 19.6 Å². The molecule has 2 rings (SSSR count). The van der Waals surface area contributed by atoms with Gasteiger partial charge in [-0.15, -0.1) is 0 Å². The lowest BCUT2D eigenvalue weighted by Gasteiger charge is -2.35. The van der Waals surface area contributed by atoms with Crippen LogP contribution in [-0.4, -0.2) is 36.5 Å². The maximum atomic E-state index is 12.3. The molecule has 2 fully saturated rings. The zero-order chi connectivity index (χ0) is 14.4. The van der Waals surface area contributed by atoms with Crippen molar-refractivity contribution in [2.24, 2.45) is 11.8 Å². The van der Waals surface area contributed by atoms with E-state index in [-0.39, 0.29) is 0 Å². The van der Waals surface area contributed by atoms with Gasteiger partial charge in [-0.3, -0.25) is 4.79 Å². The molecule has 1 N–H and O–H groups in total. The Kier molecular flexibility index (Phi) is 6.34. The van der Waals surface area contributed by atoms with Crippen molar-refractivity contribution in [3.63, 3.8) is 0 Å². The van der Waals surface area contributed by atoms with Crippen molar-refractivity contribution < 1.29 is 4.79 Å². The first-order valence-electron chi connectivity index (χ1n) is 8.68. The Morgan fingerprint density at radius 2 is 1.80 bits per heavy atom. The first-order chi connectivity index (χ1) is 9.66. The molecule has 0 aromatic rings. The van der Waals surface area contributed by atoms with Crippen molar-refractivity contribution >= 4 is 5.91 Å². The molecule has 2 aliphatic rings. The zero-order valence-corrected chi connectivity index (χ0v) is 13.4. The minimum Gasteiger partial charge on any atom is -0.356 e. The van der Waals surface area contributed by atoms with Crippen LogP contribution in [0.5, 0.6) is 0 Å². The van der Waals surface area contributed by atoms with Gasteiger partial charge in [0.15, 0.2) is 0 Å². The highest BCUT2D eigenvalue weighted by Crippen LogP contribution is 2.23. The highest BCUT2D eigenvalue weighted by Gasteiger charge is 2.24. The van der Waals surface area contributed by atoms with Crippen LogP contribution in [0.15, 0.2) is 0 Å². The van der Waals surface area contributed by atoms with Crippen LogP contribution in [0.4, 0.5) is 0 Å². The summed E-state index contributed by atoms with van der Waals surface area (Å²) in [5.41, 5.74) is 0. The summed E-state index contributed by atoms with van der Waals surface area (Å²) in [6, 6.07) is 0.635. The average molecular weight is 280 g/mol. The molecule has 1 saturated heterocycles. The number of likely N-dealkylation sites (tertiary alicyclic amines) is 1. The lowest BCUT2D eigenvalue weighted by atomic mass is 9.95. The highest BCUT2D eigenvalue weighted by molar-refractivity contribution is 5.78. The number of piperidine rings is 1. The van der Waals surface area contributed by atoms with Crippen LogP contribution in [0.1, 0.15) is 65.2 Å². The first kappa shape index (κ1) is 15.8. The van der Waals surface area contributed by atoms with E-state index in [0.717, 1.165) is 25.9 Å². The zero-order valence-electron chi connectivity index (χ0n) is 13.4. The normalized spacial score (nSPS) is 26.4. The lowest BCUT2D eigenvalue weighted by molar-refractivity contribution is -0.125. The molecule has 1 saturated carbocycles. The molecule has 3 nitrogen and oxygen atoms in total. The van der Waals surface area contributed by atoms with E-state index in [4.69, 9.17) is 0 Å². The number of carbonyl (C=O) groups excluding carboxylic acids is 1. The molecule has 0 aromatic carbocycles. The SMILES string of the molecule is CC(C)N1CCCC(CNC(=O)C2CCCCCC2)C1. The fourth-order valence-corrected chi connectivity index (χ4v) is 3.66. The Morgan fingerprint density at radius 3 is 2.45 bits per heavy atom. The Hall–Kier alpha value is -0.570. The summed E-state index contributed by atoms with van der Waals surface area (Å²) in [6.45, 7) is 7.81. The highest BCUT2D eigenvalue weighted by atomic mass is 16.1. The molecule has 0 spiro atoms. The smallest absolute Gasteiger partial charge is 0.223 e. The first-order valence-corrected chi connectivity index (χ1v) is 8.68. The molecule has 1 atom stereocenters. The van der Waals surface area contributed by atoms with E-state index in [1.807, 2.05) is 0 Å². The summed E-state index contributed by atoms with van der Waals surface area (Å²) in [7, 11) is 0. The van der Waals surface area contributed by atoms with Crippen molar-refractivity contribution in [2.45, 2.75) is 71.3 Å². The molecule has 1 aliphatic carbocycles. The molecule has 1 aliphatic heterocycles. The van der Waals surface area contributed by atoms with Gasteiger partial charge in [0.05, 0.1) is 0 Å². The standard InChI is InChI=1S/C17H32N2O/c1-14(2)19-11-7-8-15(13-19)12-18-17(20)16-9-5-3-4-6-10-16/h14-16H,3-13H2,1-2H3,(H,18,20). The van der Waals surface area contributed by atoms with Gasteiger partial charge in [0, 0.05) is 25.0 Å². The van der Waals surface area contributed by atoms with E-state index in [2.05, 4.69) is 24.1 Å². The van der Waals surface area contributed by atoms with Crippen LogP contribution in [-0.2, 0) is 4.79 Å². The number of hydrogen-bond acceptors (Lipinski definition) is 2. The van der Waals surface area contributed by atoms with Crippen LogP contribution in [0.25, 0.3) is 0 Å². The van der Waals surface area contributed by atoms with Gasteiger partial charge >= 0.3 is 0 Å². The molecular formula is C17H32N2O. The number of hydrogen-bond donors (Lipinski definition) is 1. The molecule has 116 valence electrons. The minimum atomic E-state index is 0.294. The van der Waals surface area contributed by atoms with Crippen LogP contribution in [0, 0.1) is 11.8 Å². The topological polar surface area (TPSA) is 32.3 Å². The third-order valence-electron chi connectivity index (χ3n) is 5.07. The fourth-order valence-electron chi connectivity index (χ4n) is 3.66. The Morgan fingerprint density at radius 1 is 1.10 bits per heavy atom. The summed E-state index contributed by atoms with van der Waals surface area (Å²) < 4.78 is 0. The predicted molar refractivity (Wildman–Crippen MR) is 83.6 cm³/mol. The predicted octanol–water partition coefficient (Wildman–Crippen LogP) is 3.19. The van der Waals surface area contributed by atoms with Crippen LogP contribution in [0.3, 0.4) is 0 Å². The summed E-state index contributed by atoms with van der Waals surface area (Å²) in [5, 5.41) is 3.24. The second-order valence-corrected chi connectivity index (χ2v) is 7.03. The largest absolute Gasteiger partial charge is 0.356 e. The van der Waals surface area contributed by atoms with E-state index < -0.39 is 0 Å². The number of carbonyl (C=O) groups is 1. The molecule has 0 aromatic heterocycles. The number of nitrogens with zero attached hydrogens (tertiary/aromatic N) is 1. The lowest BCUT2D eigenvalue weighted by Crippen LogP contribution is -2.44. The summed E-state index contributed by atoms with van der Waals surface area (Å²) >= 11 is 0. The maximum Gasteiger partial charge on any atom is 0.223 e. The van der Waals surface area contributed by atoms with Crippen molar-refractivity contribution in [3.8, 4) is 0 Å². The van der Waals surface area contributed by atoms with E-state index in [1.54, 1.807) is 0 Å². The van der Waals surface area contributed by atoms with Gasteiger partial charge < -0.3 is 10.2 Å². The Bertz CT molecular complexity index is 295. The minimum absolute atomic E-state index is 0.294. The molecule has 1 amide bonds. The van der Waals surface area contributed by atoms with Gasteiger partial charge in [0.1, 0.15) is 0 Å².